The van der Waals surface area contributed by atoms with E-state index in [1.54, 1.807) is 12.2 Å². The number of aryl methyl sites for hydroxylation is 1. The molecule has 1 aliphatic heterocycles. The molecular formula is C12H13F3N4O. The Bertz CT molecular complexity index is 542. The molecule has 5 nitrogen and oxygen atoms in total. The number of hydrogen-bond donors (Lipinski definition) is 2. The van der Waals surface area contributed by atoms with Gasteiger partial charge in [0.2, 0.25) is 5.91 Å². The number of carbonyl (C=O) groups excluding carboxylic acids is 1. The van der Waals surface area contributed by atoms with Crippen molar-refractivity contribution in [1.82, 2.24) is 20.6 Å². The van der Waals surface area contributed by atoms with Crippen molar-refractivity contribution in [2.75, 3.05) is 6.54 Å². The van der Waals surface area contributed by atoms with Gasteiger partial charge in [-0.1, -0.05) is 12.2 Å². The van der Waals surface area contributed by atoms with E-state index in [1.165, 1.54) is 6.92 Å². The highest BCUT2D eigenvalue weighted by Gasteiger charge is 2.33. The molecule has 20 heavy (non-hydrogen) atoms. The Morgan fingerprint density at radius 1 is 1.50 bits per heavy atom. The van der Waals surface area contributed by atoms with Gasteiger partial charge in [-0.15, -0.1) is 0 Å². The third-order valence-corrected chi connectivity index (χ3v) is 2.68. The van der Waals surface area contributed by atoms with Crippen molar-refractivity contribution in [2.45, 2.75) is 25.7 Å². The van der Waals surface area contributed by atoms with Crippen molar-refractivity contribution in [3.8, 4) is 0 Å². The lowest BCUT2D eigenvalue weighted by molar-refractivity contribution is -0.141. The van der Waals surface area contributed by atoms with Gasteiger partial charge in [-0.25, -0.2) is 9.97 Å². The molecule has 0 aromatic carbocycles. The lowest BCUT2D eigenvalue weighted by atomic mass is 10.3. The second kappa shape index (κ2) is 5.58. The van der Waals surface area contributed by atoms with Gasteiger partial charge in [-0.3, -0.25) is 10.1 Å². The minimum absolute atomic E-state index is 0.0624. The lowest BCUT2D eigenvalue weighted by Crippen LogP contribution is -2.40. The average molecular weight is 286 g/mol. The van der Waals surface area contributed by atoms with Crippen LogP contribution in [0.2, 0.25) is 0 Å². The first-order valence-corrected chi connectivity index (χ1v) is 5.96. The summed E-state index contributed by atoms with van der Waals surface area (Å²) in [6, 6.07) is 0.411. The Hall–Kier alpha value is -1.96. The molecule has 0 spiro atoms. The molecule has 1 aromatic rings. The topological polar surface area (TPSA) is 66.9 Å². The van der Waals surface area contributed by atoms with Crippen LogP contribution in [0.15, 0.2) is 18.2 Å². The first-order valence-electron chi connectivity index (χ1n) is 5.96. The van der Waals surface area contributed by atoms with Gasteiger partial charge in [-0.05, 0) is 13.0 Å². The standard InChI is InChI=1S/C12H13F3N4O/c1-7-5-9(12(13,14)15)19-10(18-7)6-17-11(20)8-3-2-4-16-8/h2-3,5,8,16H,4,6H2,1H3,(H,17,20)/t8-/m1/s1. The predicted molar refractivity (Wildman–Crippen MR) is 64.5 cm³/mol. The van der Waals surface area contributed by atoms with Crippen LogP contribution in [0, 0.1) is 6.92 Å². The third-order valence-electron chi connectivity index (χ3n) is 2.68. The van der Waals surface area contributed by atoms with Gasteiger partial charge in [0.1, 0.15) is 17.6 Å². The molecule has 0 saturated carbocycles. The normalized spacial score (nSPS) is 18.3. The summed E-state index contributed by atoms with van der Waals surface area (Å²) in [7, 11) is 0. The van der Waals surface area contributed by atoms with Crippen LogP contribution < -0.4 is 10.6 Å². The maximum absolute atomic E-state index is 12.6. The minimum atomic E-state index is -4.53. The molecule has 2 rings (SSSR count). The van der Waals surface area contributed by atoms with Crippen LogP contribution >= 0.6 is 0 Å². The van der Waals surface area contributed by atoms with Crippen LogP contribution in [-0.2, 0) is 17.5 Å². The van der Waals surface area contributed by atoms with E-state index >= 15 is 0 Å². The summed E-state index contributed by atoms with van der Waals surface area (Å²) in [4.78, 5) is 19.0. The molecule has 2 N–H and O–H groups in total. The van der Waals surface area contributed by atoms with Crippen molar-refractivity contribution in [2.24, 2.45) is 0 Å². The summed E-state index contributed by atoms with van der Waals surface area (Å²) < 4.78 is 37.8. The monoisotopic (exact) mass is 286 g/mol. The number of amides is 1. The number of nitrogens with zero attached hydrogens (tertiary/aromatic N) is 2. The molecule has 1 aliphatic rings. The summed E-state index contributed by atoms with van der Waals surface area (Å²) in [5.74, 6) is -0.384. The molecule has 108 valence electrons. The summed E-state index contributed by atoms with van der Waals surface area (Å²) in [6.45, 7) is 1.90. The number of halogens is 3. The van der Waals surface area contributed by atoms with Crippen LogP contribution in [0.25, 0.3) is 0 Å². The van der Waals surface area contributed by atoms with E-state index in [1.807, 2.05) is 0 Å². The molecule has 0 aliphatic carbocycles. The minimum Gasteiger partial charge on any atom is -0.347 e. The summed E-state index contributed by atoms with van der Waals surface area (Å²) in [5.41, 5.74) is -0.802. The van der Waals surface area contributed by atoms with Crippen molar-refractivity contribution < 1.29 is 18.0 Å². The first kappa shape index (κ1) is 14.4. The molecule has 2 heterocycles. The predicted octanol–water partition coefficient (Wildman–Crippen LogP) is 0.948. The zero-order valence-electron chi connectivity index (χ0n) is 10.7. The van der Waals surface area contributed by atoms with Gasteiger partial charge >= 0.3 is 6.18 Å². The zero-order chi connectivity index (χ0) is 14.8. The van der Waals surface area contributed by atoms with Gasteiger partial charge < -0.3 is 5.32 Å². The fourth-order valence-electron chi connectivity index (χ4n) is 1.78. The Kier molecular flexibility index (Phi) is 4.03. The second-order valence-corrected chi connectivity index (χ2v) is 4.34. The van der Waals surface area contributed by atoms with Crippen LogP contribution in [0.3, 0.4) is 0 Å². The molecule has 0 fully saturated rings. The molecule has 0 unspecified atom stereocenters. The Balaban J connectivity index is 2.04. The van der Waals surface area contributed by atoms with E-state index in [4.69, 9.17) is 0 Å². The molecule has 1 amide bonds. The van der Waals surface area contributed by atoms with Gasteiger partial charge in [0, 0.05) is 12.2 Å². The summed E-state index contributed by atoms with van der Waals surface area (Å²) >= 11 is 0. The fourth-order valence-corrected chi connectivity index (χ4v) is 1.78. The van der Waals surface area contributed by atoms with Crippen LogP contribution in [0.4, 0.5) is 13.2 Å². The zero-order valence-corrected chi connectivity index (χ0v) is 10.7. The van der Waals surface area contributed by atoms with Crippen LogP contribution in [-0.4, -0.2) is 28.5 Å². The molecular weight excluding hydrogens is 273 g/mol. The van der Waals surface area contributed by atoms with E-state index in [9.17, 15) is 18.0 Å². The number of aromatic nitrogens is 2. The molecule has 1 aromatic heterocycles. The van der Waals surface area contributed by atoms with Crippen molar-refractivity contribution in [1.29, 1.82) is 0 Å². The van der Waals surface area contributed by atoms with Crippen molar-refractivity contribution in [3.05, 3.63) is 35.4 Å². The van der Waals surface area contributed by atoms with Gasteiger partial charge in [0.15, 0.2) is 0 Å². The van der Waals surface area contributed by atoms with Gasteiger partial charge in [0.05, 0.1) is 6.54 Å². The van der Waals surface area contributed by atoms with Gasteiger partial charge in [0.25, 0.3) is 0 Å². The Labute approximate surface area is 113 Å². The van der Waals surface area contributed by atoms with E-state index in [0.29, 0.717) is 6.54 Å². The summed E-state index contributed by atoms with van der Waals surface area (Å²) in [6.07, 6.45) is -1.04. The number of rotatable bonds is 3. The van der Waals surface area contributed by atoms with Crippen molar-refractivity contribution >= 4 is 5.91 Å². The van der Waals surface area contributed by atoms with Crippen molar-refractivity contribution in [3.63, 3.8) is 0 Å². The first-order chi connectivity index (χ1) is 9.36. The largest absolute Gasteiger partial charge is 0.433 e. The Morgan fingerprint density at radius 2 is 2.25 bits per heavy atom. The van der Waals surface area contributed by atoms with E-state index in [-0.39, 0.29) is 24.0 Å². The smallest absolute Gasteiger partial charge is 0.347 e. The molecule has 0 saturated heterocycles. The van der Waals surface area contributed by atoms with Crippen LogP contribution in [0.5, 0.6) is 0 Å². The number of alkyl halides is 3. The van der Waals surface area contributed by atoms with Crippen LogP contribution in [0.1, 0.15) is 17.2 Å². The highest BCUT2D eigenvalue weighted by atomic mass is 19.4. The quantitative estimate of drug-likeness (QED) is 0.812. The molecule has 0 radical (unpaired) electrons. The highest BCUT2D eigenvalue weighted by molar-refractivity contribution is 5.84. The molecule has 0 bridgehead atoms. The van der Waals surface area contributed by atoms with Gasteiger partial charge in [-0.2, -0.15) is 13.2 Å². The van der Waals surface area contributed by atoms with E-state index in [2.05, 4.69) is 20.6 Å². The number of hydrogen-bond acceptors (Lipinski definition) is 4. The average Bonchev–Trinajstić information content (AvgIpc) is 2.88. The third kappa shape index (κ3) is 3.53. The Morgan fingerprint density at radius 3 is 2.85 bits per heavy atom. The maximum atomic E-state index is 12.6. The highest BCUT2D eigenvalue weighted by Crippen LogP contribution is 2.27. The van der Waals surface area contributed by atoms with E-state index in [0.717, 1.165) is 6.07 Å². The number of carbonyl (C=O) groups is 1. The second-order valence-electron chi connectivity index (χ2n) is 4.34. The number of nitrogens with one attached hydrogen (secondary N) is 2. The SMILES string of the molecule is Cc1cc(C(F)(F)F)nc(CNC(=O)[C@H]2C=CCN2)n1. The summed E-state index contributed by atoms with van der Waals surface area (Å²) in [5, 5.41) is 5.40. The lowest BCUT2D eigenvalue weighted by Gasteiger charge is -2.11. The molecule has 8 heteroatoms. The molecule has 1 atom stereocenters. The van der Waals surface area contributed by atoms with E-state index < -0.39 is 17.9 Å². The fraction of sp³-hybridized carbons (Fsp3) is 0.417. The maximum Gasteiger partial charge on any atom is 0.433 e.